The molecule has 0 rings (SSSR count). The van der Waals surface area contributed by atoms with Crippen LogP contribution in [-0.4, -0.2) is 21.1 Å². The summed E-state index contributed by atoms with van der Waals surface area (Å²) in [5.41, 5.74) is 0. The van der Waals surface area contributed by atoms with E-state index >= 15 is 0 Å². The number of aliphatic carboxylic acids is 1. The minimum atomic E-state index is -2.18. The van der Waals surface area contributed by atoms with Gasteiger partial charge in [-0.15, -0.1) is 0 Å². The molecule has 0 aliphatic carbocycles. The van der Waals surface area contributed by atoms with Gasteiger partial charge in [0.1, 0.15) is 0 Å². The fourth-order valence-corrected chi connectivity index (χ4v) is 0.107. The molecule has 0 saturated heterocycles. The average Bonchev–Trinajstić information content (AvgIpc) is 1.67. The van der Waals surface area contributed by atoms with Gasteiger partial charge in [-0.05, 0) is 0 Å². The minimum absolute atomic E-state index is 0. The monoisotopic (exact) mass is 185 g/mol. The van der Waals surface area contributed by atoms with Crippen molar-refractivity contribution in [1.29, 1.82) is 0 Å². The SMILES string of the molecule is CC(O)([S+]=O)C(=O)O.[H-].[H-].[Na+].[Na+]. The third kappa shape index (κ3) is 6.18. The van der Waals surface area contributed by atoms with Crippen molar-refractivity contribution in [2.24, 2.45) is 0 Å². The molecule has 0 aromatic heterocycles. The van der Waals surface area contributed by atoms with Crippen LogP contribution in [-0.2, 0) is 20.7 Å². The zero-order chi connectivity index (χ0) is 6.78. The third-order valence-corrected chi connectivity index (χ3v) is 1.06. The van der Waals surface area contributed by atoms with Crippen LogP contribution in [0, 0.1) is 0 Å². The molecule has 0 bridgehead atoms. The predicted molar refractivity (Wildman–Crippen MR) is 28.5 cm³/mol. The van der Waals surface area contributed by atoms with E-state index < -0.39 is 10.9 Å². The van der Waals surface area contributed by atoms with Crippen LogP contribution in [0.4, 0.5) is 0 Å². The Labute approximate surface area is 109 Å². The summed E-state index contributed by atoms with van der Waals surface area (Å²) in [6.45, 7) is 0.924. The Balaban J connectivity index is -0.0000000408. The van der Waals surface area contributed by atoms with E-state index in [0.29, 0.717) is 0 Å². The molecule has 1 unspecified atom stereocenters. The number of aliphatic hydroxyl groups is 1. The van der Waals surface area contributed by atoms with Crippen LogP contribution in [0.5, 0.6) is 0 Å². The van der Waals surface area contributed by atoms with Crippen molar-refractivity contribution in [3.63, 3.8) is 0 Å². The summed E-state index contributed by atoms with van der Waals surface area (Å²) < 4.78 is 9.68. The van der Waals surface area contributed by atoms with Gasteiger partial charge >= 0.3 is 81.7 Å². The number of hydrogen-bond acceptors (Lipinski definition) is 3. The summed E-state index contributed by atoms with van der Waals surface area (Å²) in [4.78, 5) is 7.60. The van der Waals surface area contributed by atoms with Crippen LogP contribution in [0.2, 0.25) is 0 Å². The van der Waals surface area contributed by atoms with Gasteiger partial charge in [0.05, 0.1) is 0 Å². The second-order valence-electron chi connectivity index (χ2n) is 1.37. The standard InChI is InChI=1S/C3H4O4S.2Na.2H/c1-3(6,8-7)2(4)5;;;;/h6H,1H3;;;;/q;2*+1;2*-1/p+1. The fraction of sp³-hybridized carbons (Fsp3) is 0.667. The quantitative estimate of drug-likeness (QED) is 0.255. The normalized spacial score (nSPS) is 13.4. The smallest absolute Gasteiger partial charge is 1.00 e. The molecule has 0 aromatic rings. The van der Waals surface area contributed by atoms with Crippen LogP contribution >= 0.6 is 0 Å². The summed E-state index contributed by atoms with van der Waals surface area (Å²) in [5, 5.41) is 16.4. The van der Waals surface area contributed by atoms with E-state index in [9.17, 15) is 9.00 Å². The fourth-order valence-electron chi connectivity index (χ4n) is 0.0356. The van der Waals surface area contributed by atoms with Gasteiger partial charge in [-0.2, -0.15) is 0 Å². The summed E-state index contributed by atoms with van der Waals surface area (Å²) in [7, 11) is 0. The second kappa shape index (κ2) is 7.12. The van der Waals surface area contributed by atoms with Gasteiger partial charge in [-0.1, -0.05) is 0 Å². The topological polar surface area (TPSA) is 74.6 Å². The zero-order valence-corrected chi connectivity index (χ0v) is 10.9. The maximum Gasteiger partial charge on any atom is 1.00 e. The van der Waals surface area contributed by atoms with E-state index in [4.69, 9.17) is 10.2 Å². The molecule has 4 nitrogen and oxygen atoms in total. The molecule has 10 heavy (non-hydrogen) atoms. The largest absolute Gasteiger partial charge is 1.00 e. The summed E-state index contributed by atoms with van der Waals surface area (Å²) >= 11 is -0.359. The Morgan fingerprint density at radius 3 is 1.90 bits per heavy atom. The Kier molecular flexibility index (Phi) is 12.5. The molecule has 2 N–H and O–H groups in total. The third-order valence-electron chi connectivity index (χ3n) is 0.559. The first-order chi connectivity index (χ1) is 3.50. The molecule has 0 fully saturated rings. The Morgan fingerprint density at radius 1 is 1.60 bits per heavy atom. The van der Waals surface area contributed by atoms with Crippen LogP contribution in [0.1, 0.15) is 9.78 Å². The van der Waals surface area contributed by atoms with Crippen molar-refractivity contribution in [3.8, 4) is 0 Å². The van der Waals surface area contributed by atoms with Gasteiger partial charge < -0.3 is 13.1 Å². The van der Waals surface area contributed by atoms with Gasteiger partial charge in [0.25, 0.3) is 0 Å². The summed E-state index contributed by atoms with van der Waals surface area (Å²) in [6, 6.07) is 0. The minimum Gasteiger partial charge on any atom is -1.00 e. The summed E-state index contributed by atoms with van der Waals surface area (Å²) in [6.07, 6.45) is 0. The second-order valence-corrected chi connectivity index (χ2v) is 2.33. The van der Waals surface area contributed by atoms with Crippen molar-refractivity contribution in [3.05, 3.63) is 0 Å². The van der Waals surface area contributed by atoms with Crippen LogP contribution in [0.25, 0.3) is 0 Å². The van der Waals surface area contributed by atoms with E-state index in [0.717, 1.165) is 6.92 Å². The summed E-state index contributed by atoms with van der Waals surface area (Å²) in [5.74, 6) is -1.52. The first kappa shape index (κ1) is 17.5. The number of carboxylic acid groups (broad SMARTS) is 1. The molecule has 0 spiro atoms. The average molecular weight is 185 g/mol. The maximum absolute atomic E-state index is 9.78. The molecule has 1 atom stereocenters. The van der Waals surface area contributed by atoms with Crippen molar-refractivity contribution >= 4 is 17.6 Å². The zero-order valence-electron chi connectivity index (χ0n) is 8.12. The van der Waals surface area contributed by atoms with Crippen LogP contribution < -0.4 is 59.1 Å². The van der Waals surface area contributed by atoms with E-state index in [2.05, 4.69) is 0 Å². The first-order valence-corrected chi connectivity index (χ1v) is 2.51. The Morgan fingerprint density at radius 2 is 1.90 bits per heavy atom. The molecule has 0 saturated carbocycles. The predicted octanol–water partition coefficient (Wildman–Crippen LogP) is -6.56. The van der Waals surface area contributed by atoms with Crippen molar-refractivity contribution in [1.82, 2.24) is 0 Å². The Hall–Kier alpha value is 1.45. The van der Waals surface area contributed by atoms with Crippen molar-refractivity contribution in [2.45, 2.75) is 11.9 Å². The Bertz CT molecular complexity index is 133. The molecule has 0 aliphatic rings. The van der Waals surface area contributed by atoms with E-state index in [1.54, 1.807) is 0 Å². The molecule has 0 amide bonds. The first-order valence-electron chi connectivity index (χ1n) is 1.77. The molecule has 0 heterocycles. The number of rotatable bonds is 2. The molecule has 0 aromatic carbocycles. The van der Waals surface area contributed by atoms with Crippen molar-refractivity contribution < 1.29 is 81.2 Å². The van der Waals surface area contributed by atoms with Crippen LogP contribution in [0.3, 0.4) is 0 Å². The van der Waals surface area contributed by atoms with E-state index in [1.165, 1.54) is 0 Å². The number of hydrogen-bond donors (Lipinski definition) is 2. The maximum atomic E-state index is 9.78. The molecular weight excluding hydrogens is 178 g/mol. The van der Waals surface area contributed by atoms with Gasteiger partial charge in [0, 0.05) is 11.1 Å². The van der Waals surface area contributed by atoms with Crippen LogP contribution in [0.15, 0.2) is 0 Å². The van der Waals surface area contributed by atoms with Gasteiger partial charge in [0.2, 0.25) is 0 Å². The van der Waals surface area contributed by atoms with Gasteiger partial charge in [-0.25, -0.2) is 4.79 Å². The number of carboxylic acids is 1. The van der Waals surface area contributed by atoms with Crippen molar-refractivity contribution in [2.75, 3.05) is 0 Å². The van der Waals surface area contributed by atoms with Gasteiger partial charge in [-0.3, -0.25) is 0 Å². The van der Waals surface area contributed by atoms with Gasteiger partial charge in [0.15, 0.2) is 0 Å². The molecule has 50 valence electrons. The van der Waals surface area contributed by atoms with E-state index in [1.807, 2.05) is 0 Å². The van der Waals surface area contributed by atoms with E-state index in [-0.39, 0.29) is 73.6 Å². The molecule has 0 aliphatic heterocycles. The molecule has 7 heteroatoms. The number of carbonyl (C=O) groups is 1. The molecule has 0 radical (unpaired) electrons. The molecular formula is C3H7Na2O4S+.